The van der Waals surface area contributed by atoms with E-state index in [4.69, 9.17) is 19.3 Å². The largest absolute Gasteiger partial charge is 0.370 e. The second kappa shape index (κ2) is 8.50. The van der Waals surface area contributed by atoms with Crippen LogP contribution < -0.4 is 9.80 Å². The molecular formula is C19H23N7O2S. The lowest BCUT2D eigenvalue weighted by atomic mass is 10.1. The molecule has 10 heteroatoms. The number of fused-ring (bicyclic) bond motifs is 1. The molecule has 5 heterocycles. The van der Waals surface area contributed by atoms with Crippen molar-refractivity contribution in [3.63, 3.8) is 0 Å². The van der Waals surface area contributed by atoms with Gasteiger partial charge < -0.3 is 14.5 Å². The zero-order valence-electron chi connectivity index (χ0n) is 16.1. The normalized spacial score (nSPS) is 20.3. The third kappa shape index (κ3) is 4.13. The molecule has 0 N–H and O–H groups in total. The Morgan fingerprint density at radius 1 is 1.03 bits per heavy atom. The minimum absolute atomic E-state index is 0.128. The maximum absolute atomic E-state index is 6.16. The fraction of sp³-hybridized carbons (Fsp3) is 0.526. The minimum atomic E-state index is 0.128. The molecule has 2 saturated heterocycles. The van der Waals surface area contributed by atoms with Crippen LogP contribution >= 0.6 is 11.8 Å². The Bertz CT molecular complexity index is 948. The van der Waals surface area contributed by atoms with Crippen LogP contribution in [0.4, 0.5) is 11.6 Å². The van der Waals surface area contributed by atoms with Crippen LogP contribution in [0.2, 0.25) is 0 Å². The average molecular weight is 414 g/mol. The summed E-state index contributed by atoms with van der Waals surface area (Å²) >= 11 is 1.97. The molecule has 0 bridgehead atoms. The summed E-state index contributed by atoms with van der Waals surface area (Å²) in [6.45, 7) is 4.12. The molecule has 3 aromatic rings. The van der Waals surface area contributed by atoms with Gasteiger partial charge in [0.25, 0.3) is 0 Å². The summed E-state index contributed by atoms with van der Waals surface area (Å²) in [6, 6.07) is 5.89. The predicted molar refractivity (Wildman–Crippen MR) is 111 cm³/mol. The molecule has 0 amide bonds. The van der Waals surface area contributed by atoms with E-state index in [0.29, 0.717) is 17.9 Å². The molecule has 2 aliphatic heterocycles. The van der Waals surface area contributed by atoms with Gasteiger partial charge in [0.1, 0.15) is 0 Å². The van der Waals surface area contributed by atoms with E-state index in [1.807, 2.05) is 30.0 Å². The first-order chi connectivity index (χ1) is 14.4. The Labute approximate surface area is 172 Å². The quantitative estimate of drug-likeness (QED) is 0.619. The summed E-state index contributed by atoms with van der Waals surface area (Å²) in [4.78, 5) is 18.4. The Morgan fingerprint density at radius 2 is 1.83 bits per heavy atom. The number of rotatable bonds is 5. The lowest BCUT2D eigenvalue weighted by molar-refractivity contribution is 0.0297. The summed E-state index contributed by atoms with van der Waals surface area (Å²) in [5, 5.41) is 7.80. The number of thioether (sulfide) groups is 1. The summed E-state index contributed by atoms with van der Waals surface area (Å²) in [5.41, 5.74) is 1.86. The standard InChI is InChI=1S/C19H23N7O2S/c1-2-6-20-14(4-1)13-27-15-5-3-7-26(12-15)19-18(25-8-10-29-11-9-25)21-16-17(22-19)24-28-23-16/h1-2,4,6,15H,3,5,7-13H2. The van der Waals surface area contributed by atoms with Crippen LogP contribution in [0.1, 0.15) is 18.5 Å². The van der Waals surface area contributed by atoms with Gasteiger partial charge in [-0.1, -0.05) is 6.07 Å². The lowest BCUT2D eigenvalue weighted by Crippen LogP contribution is -2.42. The highest BCUT2D eigenvalue weighted by Gasteiger charge is 2.28. The van der Waals surface area contributed by atoms with E-state index in [9.17, 15) is 0 Å². The van der Waals surface area contributed by atoms with Crippen molar-refractivity contribution in [2.75, 3.05) is 47.5 Å². The number of hydrogen-bond donors (Lipinski definition) is 0. The monoisotopic (exact) mass is 413 g/mol. The Hall–Kier alpha value is -2.46. The molecule has 1 unspecified atom stereocenters. The number of piperidine rings is 1. The van der Waals surface area contributed by atoms with Crippen LogP contribution in [0, 0.1) is 0 Å². The molecule has 2 fully saturated rings. The van der Waals surface area contributed by atoms with Crippen molar-refractivity contribution in [1.29, 1.82) is 0 Å². The smallest absolute Gasteiger partial charge is 0.245 e. The van der Waals surface area contributed by atoms with Crippen LogP contribution in [0.15, 0.2) is 29.0 Å². The number of anilines is 2. The number of hydrogen-bond acceptors (Lipinski definition) is 10. The minimum Gasteiger partial charge on any atom is -0.370 e. The van der Waals surface area contributed by atoms with Gasteiger partial charge >= 0.3 is 0 Å². The van der Waals surface area contributed by atoms with Gasteiger partial charge in [0, 0.05) is 43.9 Å². The number of aromatic nitrogens is 5. The lowest BCUT2D eigenvalue weighted by Gasteiger charge is -2.36. The van der Waals surface area contributed by atoms with Crippen molar-refractivity contribution in [1.82, 2.24) is 25.3 Å². The van der Waals surface area contributed by atoms with Gasteiger partial charge in [0.2, 0.25) is 11.3 Å². The van der Waals surface area contributed by atoms with Crippen LogP contribution in [-0.2, 0) is 11.3 Å². The molecular weight excluding hydrogens is 390 g/mol. The van der Waals surface area contributed by atoms with Crippen molar-refractivity contribution in [3.05, 3.63) is 30.1 Å². The molecule has 0 aliphatic carbocycles. The highest BCUT2D eigenvalue weighted by atomic mass is 32.2. The molecule has 0 aromatic carbocycles. The van der Waals surface area contributed by atoms with Crippen LogP contribution in [0.25, 0.3) is 11.3 Å². The molecule has 3 aromatic heterocycles. The SMILES string of the molecule is c1ccc(COC2CCCN(c3nc4nonc4nc3N3CCSCC3)C2)nc1. The van der Waals surface area contributed by atoms with E-state index in [1.54, 1.807) is 6.20 Å². The summed E-state index contributed by atoms with van der Waals surface area (Å²) in [5.74, 6) is 3.91. The first kappa shape index (κ1) is 18.6. The Kier molecular flexibility index (Phi) is 5.44. The topological polar surface area (TPSA) is 93.3 Å². The second-order valence-corrected chi connectivity index (χ2v) is 8.45. The van der Waals surface area contributed by atoms with Crippen molar-refractivity contribution in [2.24, 2.45) is 0 Å². The third-order valence-corrected chi connectivity index (χ3v) is 6.20. The van der Waals surface area contributed by atoms with E-state index in [2.05, 4.69) is 25.1 Å². The van der Waals surface area contributed by atoms with Gasteiger partial charge in [0.15, 0.2) is 11.6 Å². The summed E-state index contributed by atoms with van der Waals surface area (Å²) in [6.07, 6.45) is 3.99. The average Bonchev–Trinajstić information content (AvgIpc) is 3.26. The zero-order chi connectivity index (χ0) is 19.5. The van der Waals surface area contributed by atoms with E-state index in [-0.39, 0.29) is 6.10 Å². The molecule has 0 spiro atoms. The van der Waals surface area contributed by atoms with Gasteiger partial charge in [-0.15, -0.1) is 0 Å². The zero-order valence-corrected chi connectivity index (χ0v) is 16.9. The highest BCUT2D eigenvalue weighted by Crippen LogP contribution is 2.31. The van der Waals surface area contributed by atoms with Crippen molar-refractivity contribution in [3.8, 4) is 0 Å². The molecule has 1 atom stereocenters. The predicted octanol–water partition coefficient (Wildman–Crippen LogP) is 2.15. The van der Waals surface area contributed by atoms with E-state index in [1.165, 1.54) is 0 Å². The maximum atomic E-state index is 6.16. The molecule has 2 aliphatic rings. The van der Waals surface area contributed by atoms with E-state index >= 15 is 0 Å². The molecule has 0 radical (unpaired) electrons. The van der Waals surface area contributed by atoms with Gasteiger partial charge in [-0.25, -0.2) is 14.6 Å². The number of nitrogens with zero attached hydrogens (tertiary/aromatic N) is 7. The van der Waals surface area contributed by atoms with E-state index < -0.39 is 0 Å². The van der Waals surface area contributed by atoms with Gasteiger partial charge in [-0.05, 0) is 35.3 Å². The Morgan fingerprint density at radius 3 is 2.59 bits per heavy atom. The third-order valence-electron chi connectivity index (χ3n) is 5.26. The fourth-order valence-corrected chi connectivity index (χ4v) is 4.68. The molecule has 0 saturated carbocycles. The van der Waals surface area contributed by atoms with Crippen molar-refractivity contribution < 1.29 is 9.37 Å². The molecule has 5 rings (SSSR count). The fourth-order valence-electron chi connectivity index (χ4n) is 3.77. The van der Waals surface area contributed by atoms with Gasteiger partial charge in [-0.3, -0.25) is 4.98 Å². The van der Waals surface area contributed by atoms with Crippen molar-refractivity contribution in [2.45, 2.75) is 25.6 Å². The van der Waals surface area contributed by atoms with Gasteiger partial charge in [0.05, 0.1) is 18.4 Å². The highest BCUT2D eigenvalue weighted by molar-refractivity contribution is 7.99. The first-order valence-corrected chi connectivity index (χ1v) is 11.1. The molecule has 29 heavy (non-hydrogen) atoms. The number of ether oxygens (including phenoxy) is 1. The van der Waals surface area contributed by atoms with Gasteiger partial charge in [-0.2, -0.15) is 11.8 Å². The van der Waals surface area contributed by atoms with Crippen LogP contribution in [0.5, 0.6) is 0 Å². The van der Waals surface area contributed by atoms with Crippen molar-refractivity contribution >= 4 is 34.7 Å². The molecule has 9 nitrogen and oxygen atoms in total. The Balaban J connectivity index is 1.37. The first-order valence-electron chi connectivity index (χ1n) is 9.96. The van der Waals surface area contributed by atoms with Crippen LogP contribution in [0.3, 0.4) is 0 Å². The van der Waals surface area contributed by atoms with E-state index in [0.717, 1.165) is 67.9 Å². The summed E-state index contributed by atoms with van der Waals surface area (Å²) < 4.78 is 11.0. The number of pyridine rings is 1. The second-order valence-electron chi connectivity index (χ2n) is 7.22. The van der Waals surface area contributed by atoms with Crippen LogP contribution in [-0.4, -0.2) is 69.1 Å². The summed E-state index contributed by atoms with van der Waals surface area (Å²) in [7, 11) is 0. The molecule has 152 valence electrons. The maximum Gasteiger partial charge on any atom is 0.245 e.